The highest BCUT2D eigenvalue weighted by Crippen LogP contribution is 2.17. The molecule has 4 nitrogen and oxygen atoms in total. The van der Waals surface area contributed by atoms with Crippen molar-refractivity contribution >= 4 is 23.1 Å². The van der Waals surface area contributed by atoms with Gasteiger partial charge in [-0.05, 0) is 18.1 Å². The topological polar surface area (TPSA) is 54.0 Å². The van der Waals surface area contributed by atoms with Gasteiger partial charge >= 0.3 is 6.03 Å². The van der Waals surface area contributed by atoms with Crippen molar-refractivity contribution in [2.24, 2.45) is 0 Å². The Bertz CT molecular complexity index is 537. The predicted molar refractivity (Wildman–Crippen MR) is 78.5 cm³/mol. The van der Waals surface area contributed by atoms with E-state index in [0.29, 0.717) is 12.5 Å². The van der Waals surface area contributed by atoms with Crippen LogP contribution in [0.2, 0.25) is 0 Å². The molecule has 0 saturated carbocycles. The summed E-state index contributed by atoms with van der Waals surface area (Å²) >= 11 is 1.57. The fraction of sp³-hybridized carbons (Fsp3) is 0.286. The number of para-hydroxylation sites is 1. The van der Waals surface area contributed by atoms with Crippen LogP contribution in [0, 0.1) is 0 Å². The van der Waals surface area contributed by atoms with Crippen molar-refractivity contribution in [1.82, 2.24) is 10.3 Å². The monoisotopic (exact) mass is 275 g/mol. The molecule has 1 aromatic heterocycles. The van der Waals surface area contributed by atoms with E-state index in [0.717, 1.165) is 16.4 Å². The number of nitrogens with one attached hydrogen (secondary N) is 2. The molecule has 1 aromatic carbocycles. The van der Waals surface area contributed by atoms with Gasteiger partial charge in [-0.1, -0.05) is 32.0 Å². The van der Waals surface area contributed by atoms with Crippen LogP contribution in [0.1, 0.15) is 30.5 Å². The summed E-state index contributed by atoms with van der Waals surface area (Å²) in [6, 6.07) is 9.15. The molecule has 1 heterocycles. The van der Waals surface area contributed by atoms with Crippen LogP contribution in [0.15, 0.2) is 35.7 Å². The fourth-order valence-electron chi connectivity index (χ4n) is 1.52. The lowest BCUT2D eigenvalue weighted by Crippen LogP contribution is -2.28. The maximum Gasteiger partial charge on any atom is 0.319 e. The highest BCUT2D eigenvalue weighted by molar-refractivity contribution is 7.09. The van der Waals surface area contributed by atoms with Crippen molar-refractivity contribution < 1.29 is 4.79 Å². The van der Waals surface area contributed by atoms with Gasteiger partial charge in [-0.2, -0.15) is 0 Å². The molecule has 0 spiro atoms. The van der Waals surface area contributed by atoms with Gasteiger partial charge in [-0.3, -0.25) is 0 Å². The molecular formula is C14H17N3OS. The first-order valence-electron chi connectivity index (χ1n) is 6.19. The number of urea groups is 1. The minimum atomic E-state index is -0.215. The summed E-state index contributed by atoms with van der Waals surface area (Å²) in [6.45, 7) is 4.67. The molecule has 2 aromatic rings. The van der Waals surface area contributed by atoms with Gasteiger partial charge in [0, 0.05) is 11.1 Å². The lowest BCUT2D eigenvalue weighted by molar-refractivity contribution is 0.251. The average Bonchev–Trinajstić information content (AvgIpc) is 2.86. The molecule has 0 saturated heterocycles. The Kier molecular flexibility index (Phi) is 4.52. The van der Waals surface area contributed by atoms with Crippen LogP contribution in [-0.2, 0) is 6.54 Å². The minimum Gasteiger partial charge on any atom is -0.331 e. The Morgan fingerprint density at radius 2 is 2.05 bits per heavy atom. The number of hydrogen-bond donors (Lipinski definition) is 2. The van der Waals surface area contributed by atoms with Crippen molar-refractivity contribution in [3.8, 4) is 0 Å². The van der Waals surface area contributed by atoms with E-state index in [9.17, 15) is 4.79 Å². The van der Waals surface area contributed by atoms with E-state index in [-0.39, 0.29) is 6.03 Å². The predicted octanol–water partition coefficient (Wildman–Crippen LogP) is 3.59. The van der Waals surface area contributed by atoms with E-state index in [1.807, 2.05) is 35.7 Å². The molecule has 0 aliphatic carbocycles. The number of hydrogen-bond acceptors (Lipinski definition) is 3. The maximum atomic E-state index is 11.7. The van der Waals surface area contributed by atoms with E-state index in [1.165, 1.54) is 0 Å². The van der Waals surface area contributed by atoms with E-state index >= 15 is 0 Å². The van der Waals surface area contributed by atoms with Crippen LogP contribution in [0.3, 0.4) is 0 Å². The second-order valence-electron chi connectivity index (χ2n) is 4.49. The number of benzene rings is 1. The van der Waals surface area contributed by atoms with Gasteiger partial charge in [0.1, 0.15) is 5.01 Å². The molecular weight excluding hydrogens is 258 g/mol. The van der Waals surface area contributed by atoms with E-state index < -0.39 is 0 Å². The number of rotatable bonds is 4. The Hall–Kier alpha value is -1.88. The minimum absolute atomic E-state index is 0.215. The number of amides is 2. The van der Waals surface area contributed by atoms with Gasteiger partial charge in [-0.15, -0.1) is 11.3 Å². The number of nitrogens with zero attached hydrogens (tertiary/aromatic N) is 1. The lowest BCUT2D eigenvalue weighted by atomic mass is 10.2. The molecule has 0 radical (unpaired) electrons. The molecule has 5 heteroatoms. The Labute approximate surface area is 116 Å². The summed E-state index contributed by atoms with van der Waals surface area (Å²) in [5, 5.41) is 8.53. The van der Waals surface area contributed by atoms with Gasteiger partial charge in [-0.25, -0.2) is 9.78 Å². The lowest BCUT2D eigenvalue weighted by Gasteiger charge is -2.05. The van der Waals surface area contributed by atoms with Crippen molar-refractivity contribution in [2.45, 2.75) is 26.3 Å². The van der Waals surface area contributed by atoms with E-state index in [2.05, 4.69) is 29.5 Å². The van der Waals surface area contributed by atoms with Gasteiger partial charge in [0.15, 0.2) is 0 Å². The molecule has 0 bridgehead atoms. The van der Waals surface area contributed by atoms with Gasteiger partial charge < -0.3 is 10.6 Å². The van der Waals surface area contributed by atoms with Crippen LogP contribution < -0.4 is 10.6 Å². The molecule has 0 fully saturated rings. The van der Waals surface area contributed by atoms with Crippen molar-refractivity contribution in [3.63, 3.8) is 0 Å². The first-order valence-corrected chi connectivity index (χ1v) is 7.07. The van der Waals surface area contributed by atoms with Crippen LogP contribution in [0.5, 0.6) is 0 Å². The molecule has 2 rings (SSSR count). The summed E-state index contributed by atoms with van der Waals surface area (Å²) in [6.07, 6.45) is 0. The molecule has 100 valence electrons. The first-order chi connectivity index (χ1) is 9.15. The van der Waals surface area contributed by atoms with Crippen LogP contribution in [-0.4, -0.2) is 11.0 Å². The number of aromatic nitrogens is 1. The summed E-state index contributed by atoms with van der Waals surface area (Å²) in [7, 11) is 0. The zero-order valence-corrected chi connectivity index (χ0v) is 11.8. The Morgan fingerprint density at radius 1 is 1.32 bits per heavy atom. The fourth-order valence-corrected chi connectivity index (χ4v) is 2.42. The number of carbonyl (C=O) groups excluding carboxylic acids is 1. The third kappa shape index (κ3) is 4.06. The second-order valence-corrected chi connectivity index (χ2v) is 5.44. The van der Waals surface area contributed by atoms with Gasteiger partial charge in [0.2, 0.25) is 0 Å². The van der Waals surface area contributed by atoms with Gasteiger partial charge in [0.05, 0.1) is 12.2 Å². The highest BCUT2D eigenvalue weighted by Gasteiger charge is 2.07. The quantitative estimate of drug-likeness (QED) is 0.896. The molecule has 0 atom stereocenters. The van der Waals surface area contributed by atoms with E-state index in [1.54, 1.807) is 11.3 Å². The first kappa shape index (κ1) is 13.5. The molecule has 0 aliphatic rings. The number of thiazole rings is 1. The Balaban J connectivity index is 1.83. The zero-order chi connectivity index (χ0) is 13.7. The Morgan fingerprint density at radius 3 is 2.68 bits per heavy atom. The number of anilines is 1. The third-order valence-corrected chi connectivity index (χ3v) is 3.46. The van der Waals surface area contributed by atoms with Crippen molar-refractivity contribution in [2.75, 3.05) is 5.32 Å². The maximum absolute atomic E-state index is 11.7. The van der Waals surface area contributed by atoms with Crippen LogP contribution >= 0.6 is 11.3 Å². The zero-order valence-electron chi connectivity index (χ0n) is 11.0. The standard InChI is InChI=1S/C14H17N3OS/c1-10(2)12-9-19-13(17-12)8-15-14(18)16-11-6-4-3-5-7-11/h3-7,9-10H,8H2,1-2H3,(H2,15,16,18). The number of carbonyl (C=O) groups is 1. The average molecular weight is 275 g/mol. The summed E-state index contributed by atoms with van der Waals surface area (Å²) < 4.78 is 0. The molecule has 2 amide bonds. The second kappa shape index (κ2) is 6.33. The van der Waals surface area contributed by atoms with Crippen molar-refractivity contribution in [1.29, 1.82) is 0 Å². The molecule has 19 heavy (non-hydrogen) atoms. The molecule has 2 N–H and O–H groups in total. The van der Waals surface area contributed by atoms with Crippen molar-refractivity contribution in [3.05, 3.63) is 46.4 Å². The summed E-state index contributed by atoms with van der Waals surface area (Å²) in [5.41, 5.74) is 1.85. The highest BCUT2D eigenvalue weighted by atomic mass is 32.1. The largest absolute Gasteiger partial charge is 0.331 e. The van der Waals surface area contributed by atoms with Gasteiger partial charge in [0.25, 0.3) is 0 Å². The molecule has 0 aliphatic heterocycles. The molecule has 0 unspecified atom stereocenters. The SMILES string of the molecule is CC(C)c1csc(CNC(=O)Nc2ccccc2)n1. The van der Waals surface area contributed by atoms with E-state index in [4.69, 9.17) is 0 Å². The van der Waals surface area contributed by atoms with Crippen LogP contribution in [0.25, 0.3) is 0 Å². The van der Waals surface area contributed by atoms with Crippen LogP contribution in [0.4, 0.5) is 10.5 Å². The smallest absolute Gasteiger partial charge is 0.319 e. The summed E-state index contributed by atoms with van der Waals surface area (Å²) in [5.74, 6) is 0.420. The normalized spacial score (nSPS) is 10.5. The summed E-state index contributed by atoms with van der Waals surface area (Å²) in [4.78, 5) is 16.1. The third-order valence-electron chi connectivity index (χ3n) is 2.59.